The van der Waals surface area contributed by atoms with Gasteiger partial charge in [0.25, 0.3) is 0 Å². The molecule has 1 fully saturated rings. The molecule has 2 heterocycles. The average Bonchev–Trinajstić information content (AvgIpc) is 3.34. The van der Waals surface area contributed by atoms with Gasteiger partial charge in [-0.25, -0.2) is 14.4 Å². The summed E-state index contributed by atoms with van der Waals surface area (Å²) in [6.07, 6.45) is 4.14. The minimum Gasteiger partial charge on any atom is -0.282 e. The molecule has 23 heavy (non-hydrogen) atoms. The van der Waals surface area contributed by atoms with Gasteiger partial charge in [-0.1, -0.05) is 18.2 Å². The first-order valence-electron chi connectivity index (χ1n) is 7.82. The molecule has 1 aliphatic rings. The number of nitrogens with zero attached hydrogens (tertiary/aromatic N) is 3. The van der Waals surface area contributed by atoms with Crippen molar-refractivity contribution < 1.29 is 4.39 Å². The van der Waals surface area contributed by atoms with Crippen LogP contribution in [-0.2, 0) is 0 Å². The standard InChI is InChI=1S/C19H14FN3/c20-14-8-7-13-9-17(12-5-6-12)22-19(15(13)10-14)23-11-21-16-3-1-2-4-18(16)23/h1-4,7-12H,5-6H2. The van der Waals surface area contributed by atoms with E-state index in [2.05, 4.69) is 11.1 Å². The second kappa shape index (κ2) is 4.62. The Kier molecular flexibility index (Phi) is 2.56. The van der Waals surface area contributed by atoms with Crippen molar-refractivity contribution >= 4 is 21.8 Å². The molecule has 0 unspecified atom stereocenters. The van der Waals surface area contributed by atoms with E-state index in [0.717, 1.165) is 33.3 Å². The van der Waals surface area contributed by atoms with Crippen LogP contribution >= 0.6 is 0 Å². The molecule has 0 spiro atoms. The maximum Gasteiger partial charge on any atom is 0.146 e. The lowest BCUT2D eigenvalue weighted by Crippen LogP contribution is -2.01. The first-order chi connectivity index (χ1) is 11.3. The summed E-state index contributed by atoms with van der Waals surface area (Å²) in [5.74, 6) is 1.06. The Morgan fingerprint density at radius 1 is 1.04 bits per heavy atom. The van der Waals surface area contributed by atoms with Crippen LogP contribution < -0.4 is 0 Å². The van der Waals surface area contributed by atoms with E-state index in [9.17, 15) is 4.39 Å². The number of benzene rings is 2. The molecule has 1 aliphatic carbocycles. The van der Waals surface area contributed by atoms with Crippen molar-refractivity contribution in [2.24, 2.45) is 0 Å². The Balaban J connectivity index is 1.86. The monoisotopic (exact) mass is 303 g/mol. The van der Waals surface area contributed by atoms with E-state index in [0.29, 0.717) is 5.92 Å². The van der Waals surface area contributed by atoms with Crippen molar-refractivity contribution in [3.8, 4) is 5.82 Å². The maximum atomic E-state index is 13.8. The van der Waals surface area contributed by atoms with E-state index in [4.69, 9.17) is 4.98 Å². The van der Waals surface area contributed by atoms with Crippen LogP contribution in [0.4, 0.5) is 4.39 Å². The molecule has 0 atom stereocenters. The number of halogens is 1. The van der Waals surface area contributed by atoms with Gasteiger partial charge >= 0.3 is 0 Å². The van der Waals surface area contributed by atoms with Crippen molar-refractivity contribution in [2.75, 3.05) is 0 Å². The lowest BCUT2D eigenvalue weighted by molar-refractivity contribution is 0.629. The summed E-state index contributed by atoms with van der Waals surface area (Å²) in [5.41, 5.74) is 2.99. The minimum atomic E-state index is -0.246. The molecule has 2 aromatic heterocycles. The fraction of sp³-hybridized carbons (Fsp3) is 0.158. The molecule has 0 saturated heterocycles. The van der Waals surface area contributed by atoms with Crippen LogP contribution in [0, 0.1) is 5.82 Å². The minimum absolute atomic E-state index is 0.246. The van der Waals surface area contributed by atoms with Crippen molar-refractivity contribution in [1.82, 2.24) is 14.5 Å². The van der Waals surface area contributed by atoms with E-state index in [1.807, 2.05) is 34.9 Å². The lowest BCUT2D eigenvalue weighted by Gasteiger charge is -2.11. The third-order valence-electron chi connectivity index (χ3n) is 4.47. The van der Waals surface area contributed by atoms with Gasteiger partial charge in [0.15, 0.2) is 0 Å². The van der Waals surface area contributed by atoms with Crippen LogP contribution in [0.25, 0.3) is 27.6 Å². The average molecular weight is 303 g/mol. The van der Waals surface area contributed by atoms with Crippen LogP contribution in [-0.4, -0.2) is 14.5 Å². The highest BCUT2D eigenvalue weighted by Gasteiger charge is 2.26. The molecular weight excluding hydrogens is 289 g/mol. The smallest absolute Gasteiger partial charge is 0.146 e. The van der Waals surface area contributed by atoms with Gasteiger partial charge in [-0.15, -0.1) is 0 Å². The van der Waals surface area contributed by atoms with Crippen molar-refractivity contribution in [3.05, 3.63) is 66.4 Å². The van der Waals surface area contributed by atoms with Gasteiger partial charge in [-0.3, -0.25) is 4.57 Å². The number of pyridine rings is 1. The Hall–Kier alpha value is -2.75. The Morgan fingerprint density at radius 2 is 1.91 bits per heavy atom. The quantitative estimate of drug-likeness (QED) is 0.542. The fourth-order valence-corrected chi connectivity index (χ4v) is 3.12. The SMILES string of the molecule is Fc1ccc2cc(C3CC3)nc(-n3cnc4ccccc43)c2c1. The number of hydrogen-bond acceptors (Lipinski definition) is 2. The van der Waals surface area contributed by atoms with E-state index in [1.54, 1.807) is 12.4 Å². The van der Waals surface area contributed by atoms with Gasteiger partial charge in [0.1, 0.15) is 18.0 Å². The van der Waals surface area contributed by atoms with Gasteiger partial charge in [-0.2, -0.15) is 0 Å². The maximum absolute atomic E-state index is 13.8. The highest BCUT2D eigenvalue weighted by Crippen LogP contribution is 2.41. The molecule has 0 radical (unpaired) electrons. The van der Waals surface area contributed by atoms with E-state index < -0.39 is 0 Å². The molecular formula is C19H14FN3. The molecule has 2 aromatic carbocycles. The lowest BCUT2D eigenvalue weighted by atomic mass is 10.1. The molecule has 4 aromatic rings. The third kappa shape index (κ3) is 2.02. The number of imidazole rings is 1. The van der Waals surface area contributed by atoms with E-state index in [-0.39, 0.29) is 5.82 Å². The second-order valence-corrected chi connectivity index (χ2v) is 6.11. The summed E-state index contributed by atoms with van der Waals surface area (Å²) < 4.78 is 15.8. The van der Waals surface area contributed by atoms with Gasteiger partial charge < -0.3 is 0 Å². The first kappa shape index (κ1) is 12.8. The molecule has 0 N–H and O–H groups in total. The summed E-state index contributed by atoms with van der Waals surface area (Å²) in [6.45, 7) is 0. The summed E-state index contributed by atoms with van der Waals surface area (Å²) in [6, 6.07) is 14.9. The van der Waals surface area contributed by atoms with Gasteiger partial charge in [-0.05, 0) is 48.6 Å². The highest BCUT2D eigenvalue weighted by atomic mass is 19.1. The largest absolute Gasteiger partial charge is 0.282 e. The van der Waals surface area contributed by atoms with Gasteiger partial charge in [0, 0.05) is 17.0 Å². The third-order valence-corrected chi connectivity index (χ3v) is 4.47. The molecule has 5 rings (SSSR count). The molecule has 1 saturated carbocycles. The molecule has 0 bridgehead atoms. The van der Waals surface area contributed by atoms with Crippen LogP contribution in [0.5, 0.6) is 0 Å². The number of hydrogen-bond donors (Lipinski definition) is 0. The van der Waals surface area contributed by atoms with Crippen molar-refractivity contribution in [1.29, 1.82) is 0 Å². The fourth-order valence-electron chi connectivity index (χ4n) is 3.12. The zero-order valence-corrected chi connectivity index (χ0v) is 12.4. The van der Waals surface area contributed by atoms with E-state index in [1.165, 1.54) is 18.9 Å². The van der Waals surface area contributed by atoms with Crippen LogP contribution in [0.15, 0.2) is 54.9 Å². The normalized spacial score (nSPS) is 14.7. The summed E-state index contributed by atoms with van der Waals surface area (Å²) in [5, 5.41) is 1.84. The molecule has 112 valence electrons. The number of aromatic nitrogens is 3. The highest BCUT2D eigenvalue weighted by molar-refractivity contribution is 5.91. The number of fused-ring (bicyclic) bond motifs is 2. The number of para-hydroxylation sites is 2. The van der Waals surface area contributed by atoms with Crippen LogP contribution in [0.1, 0.15) is 24.5 Å². The van der Waals surface area contributed by atoms with Crippen molar-refractivity contribution in [3.63, 3.8) is 0 Å². The Bertz CT molecular complexity index is 1050. The molecule has 3 nitrogen and oxygen atoms in total. The predicted octanol–water partition coefficient (Wildman–Crippen LogP) is 4.59. The van der Waals surface area contributed by atoms with E-state index >= 15 is 0 Å². The summed E-state index contributed by atoms with van der Waals surface area (Å²) in [4.78, 5) is 9.30. The Morgan fingerprint density at radius 3 is 2.78 bits per heavy atom. The summed E-state index contributed by atoms with van der Waals surface area (Å²) >= 11 is 0. The first-order valence-corrected chi connectivity index (χ1v) is 7.82. The Labute approximate surface area is 132 Å². The number of rotatable bonds is 2. The zero-order chi connectivity index (χ0) is 15.4. The molecule has 4 heteroatoms. The van der Waals surface area contributed by atoms with Crippen molar-refractivity contribution in [2.45, 2.75) is 18.8 Å². The van der Waals surface area contributed by atoms with Gasteiger partial charge in [0.05, 0.1) is 11.0 Å². The zero-order valence-electron chi connectivity index (χ0n) is 12.4. The predicted molar refractivity (Wildman–Crippen MR) is 88.3 cm³/mol. The topological polar surface area (TPSA) is 30.7 Å². The molecule has 0 aliphatic heterocycles. The molecule has 0 amide bonds. The van der Waals surface area contributed by atoms with Crippen LogP contribution in [0.3, 0.4) is 0 Å². The second-order valence-electron chi connectivity index (χ2n) is 6.11. The van der Waals surface area contributed by atoms with Gasteiger partial charge in [0.2, 0.25) is 0 Å². The summed E-state index contributed by atoms with van der Waals surface area (Å²) in [7, 11) is 0. The van der Waals surface area contributed by atoms with Crippen LogP contribution in [0.2, 0.25) is 0 Å².